The quantitative estimate of drug-likeness (QED) is 0.537. The van der Waals surface area contributed by atoms with Gasteiger partial charge in [-0.15, -0.1) is 0 Å². The second-order valence-electron chi connectivity index (χ2n) is 6.30. The Morgan fingerprint density at radius 3 is 2.36 bits per heavy atom. The minimum absolute atomic E-state index is 1.19. The molecule has 0 N–H and O–H groups in total. The SMILES string of the molecule is CCCCCCC1=C(c2ccc(C)cc2)[CH]c2ccccc21. The third kappa shape index (κ3) is 3.16. The Kier molecular flexibility index (Phi) is 4.77. The third-order valence-corrected chi connectivity index (χ3v) is 4.55. The van der Waals surface area contributed by atoms with Gasteiger partial charge in [-0.25, -0.2) is 0 Å². The summed E-state index contributed by atoms with van der Waals surface area (Å²) in [6.45, 7) is 4.42. The zero-order chi connectivity index (χ0) is 15.4. The minimum Gasteiger partial charge on any atom is -0.0654 e. The van der Waals surface area contributed by atoms with Gasteiger partial charge in [0, 0.05) is 6.42 Å². The molecule has 0 nitrogen and oxygen atoms in total. The topological polar surface area (TPSA) is 0 Å². The molecule has 1 aliphatic carbocycles. The number of fused-ring (bicyclic) bond motifs is 1. The smallest absolute Gasteiger partial charge is 0.0214 e. The van der Waals surface area contributed by atoms with Crippen molar-refractivity contribution in [3.05, 3.63) is 77.2 Å². The van der Waals surface area contributed by atoms with Crippen molar-refractivity contribution in [2.75, 3.05) is 0 Å². The first-order chi connectivity index (χ1) is 10.8. The summed E-state index contributed by atoms with van der Waals surface area (Å²) in [6, 6.07) is 17.8. The van der Waals surface area contributed by atoms with Crippen molar-refractivity contribution >= 4 is 11.1 Å². The monoisotopic (exact) mass is 289 g/mol. The number of hydrogen-bond donors (Lipinski definition) is 0. The summed E-state index contributed by atoms with van der Waals surface area (Å²) in [7, 11) is 0. The van der Waals surface area contributed by atoms with Crippen LogP contribution >= 0.6 is 0 Å². The van der Waals surface area contributed by atoms with Crippen molar-refractivity contribution in [3.63, 3.8) is 0 Å². The first-order valence-corrected chi connectivity index (χ1v) is 8.54. The van der Waals surface area contributed by atoms with E-state index in [2.05, 4.69) is 68.8 Å². The van der Waals surface area contributed by atoms with Gasteiger partial charge in [0.1, 0.15) is 0 Å². The predicted molar refractivity (Wildman–Crippen MR) is 96.6 cm³/mol. The van der Waals surface area contributed by atoms with E-state index in [0.29, 0.717) is 0 Å². The van der Waals surface area contributed by atoms with E-state index in [4.69, 9.17) is 0 Å². The lowest BCUT2D eigenvalue weighted by Crippen LogP contribution is -1.88. The molecule has 0 aromatic heterocycles. The largest absolute Gasteiger partial charge is 0.0654 e. The Morgan fingerprint density at radius 1 is 0.818 bits per heavy atom. The van der Waals surface area contributed by atoms with Crippen LogP contribution in [0.4, 0.5) is 0 Å². The highest BCUT2D eigenvalue weighted by Crippen LogP contribution is 2.42. The lowest BCUT2D eigenvalue weighted by molar-refractivity contribution is 0.679. The molecule has 1 aliphatic rings. The molecule has 22 heavy (non-hydrogen) atoms. The first-order valence-electron chi connectivity index (χ1n) is 8.54. The van der Waals surface area contributed by atoms with Gasteiger partial charge in [-0.2, -0.15) is 0 Å². The summed E-state index contributed by atoms with van der Waals surface area (Å²) in [5.41, 5.74) is 8.46. The number of hydrogen-bond acceptors (Lipinski definition) is 0. The Hall–Kier alpha value is -1.82. The van der Waals surface area contributed by atoms with E-state index in [1.807, 2.05) is 0 Å². The molecule has 0 heteroatoms. The molecule has 1 radical (unpaired) electrons. The van der Waals surface area contributed by atoms with Crippen LogP contribution in [0.3, 0.4) is 0 Å². The van der Waals surface area contributed by atoms with E-state index in [1.165, 1.54) is 65.5 Å². The van der Waals surface area contributed by atoms with Crippen molar-refractivity contribution in [1.29, 1.82) is 0 Å². The molecule has 0 fully saturated rings. The molecule has 113 valence electrons. The molecular formula is C22H25. The molecule has 0 atom stereocenters. The van der Waals surface area contributed by atoms with Crippen LogP contribution in [0.25, 0.3) is 11.1 Å². The van der Waals surface area contributed by atoms with Crippen LogP contribution in [-0.2, 0) is 0 Å². The molecular weight excluding hydrogens is 264 g/mol. The molecule has 0 unspecified atom stereocenters. The zero-order valence-electron chi connectivity index (χ0n) is 13.7. The highest BCUT2D eigenvalue weighted by atomic mass is 14.3. The fourth-order valence-corrected chi connectivity index (χ4v) is 3.27. The van der Waals surface area contributed by atoms with Gasteiger partial charge < -0.3 is 0 Å². The average Bonchev–Trinajstić information content (AvgIpc) is 2.91. The summed E-state index contributed by atoms with van der Waals surface area (Å²) >= 11 is 0. The molecule has 0 saturated carbocycles. The highest BCUT2D eigenvalue weighted by Gasteiger charge is 2.21. The highest BCUT2D eigenvalue weighted by molar-refractivity contribution is 6.02. The summed E-state index contributed by atoms with van der Waals surface area (Å²) in [4.78, 5) is 0. The second-order valence-corrected chi connectivity index (χ2v) is 6.30. The third-order valence-electron chi connectivity index (χ3n) is 4.55. The number of unbranched alkanes of at least 4 members (excludes halogenated alkanes) is 3. The van der Waals surface area contributed by atoms with Gasteiger partial charge in [0.15, 0.2) is 0 Å². The lowest BCUT2D eigenvalue weighted by atomic mass is 9.95. The van der Waals surface area contributed by atoms with Gasteiger partial charge in [0.25, 0.3) is 0 Å². The predicted octanol–water partition coefficient (Wildman–Crippen LogP) is 6.44. The molecule has 0 saturated heterocycles. The summed E-state index contributed by atoms with van der Waals surface area (Å²) in [6.07, 6.45) is 8.83. The van der Waals surface area contributed by atoms with Gasteiger partial charge in [-0.05, 0) is 47.6 Å². The van der Waals surface area contributed by atoms with Crippen molar-refractivity contribution < 1.29 is 0 Å². The first kappa shape index (κ1) is 15.1. The van der Waals surface area contributed by atoms with Crippen LogP contribution < -0.4 is 0 Å². The van der Waals surface area contributed by atoms with E-state index in [-0.39, 0.29) is 0 Å². The van der Waals surface area contributed by atoms with Crippen LogP contribution in [0.2, 0.25) is 0 Å². The summed E-state index contributed by atoms with van der Waals surface area (Å²) in [5, 5.41) is 0. The average molecular weight is 289 g/mol. The number of rotatable bonds is 6. The van der Waals surface area contributed by atoms with Crippen LogP contribution in [0.1, 0.15) is 61.3 Å². The van der Waals surface area contributed by atoms with Gasteiger partial charge in [-0.3, -0.25) is 0 Å². The fraction of sp³-hybridized carbons (Fsp3) is 0.318. The zero-order valence-corrected chi connectivity index (χ0v) is 13.7. The lowest BCUT2D eigenvalue weighted by Gasteiger charge is -2.09. The van der Waals surface area contributed by atoms with Crippen LogP contribution in [0.15, 0.2) is 48.5 Å². The molecule has 3 rings (SSSR count). The van der Waals surface area contributed by atoms with E-state index < -0.39 is 0 Å². The molecule has 0 bridgehead atoms. The Balaban J connectivity index is 1.90. The summed E-state index contributed by atoms with van der Waals surface area (Å²) in [5.74, 6) is 0. The Morgan fingerprint density at radius 2 is 1.59 bits per heavy atom. The van der Waals surface area contributed by atoms with E-state index in [9.17, 15) is 0 Å². The van der Waals surface area contributed by atoms with Crippen LogP contribution in [0.5, 0.6) is 0 Å². The van der Waals surface area contributed by atoms with Crippen molar-refractivity contribution in [3.8, 4) is 0 Å². The summed E-state index contributed by atoms with van der Waals surface area (Å²) < 4.78 is 0. The van der Waals surface area contributed by atoms with Gasteiger partial charge >= 0.3 is 0 Å². The van der Waals surface area contributed by atoms with E-state index in [0.717, 1.165) is 0 Å². The van der Waals surface area contributed by atoms with Crippen LogP contribution in [0, 0.1) is 13.3 Å². The Labute approximate surface area is 134 Å². The van der Waals surface area contributed by atoms with Gasteiger partial charge in [0.05, 0.1) is 0 Å². The molecule has 2 aromatic rings. The molecule has 0 amide bonds. The maximum Gasteiger partial charge on any atom is 0.0214 e. The number of benzene rings is 2. The molecule has 0 heterocycles. The minimum atomic E-state index is 1.19. The van der Waals surface area contributed by atoms with Crippen molar-refractivity contribution in [2.24, 2.45) is 0 Å². The van der Waals surface area contributed by atoms with Crippen molar-refractivity contribution in [2.45, 2.75) is 46.0 Å². The van der Waals surface area contributed by atoms with Crippen molar-refractivity contribution in [1.82, 2.24) is 0 Å². The molecule has 2 aromatic carbocycles. The number of allylic oxidation sites excluding steroid dienone is 2. The van der Waals surface area contributed by atoms with Gasteiger partial charge in [-0.1, -0.05) is 80.3 Å². The van der Waals surface area contributed by atoms with Gasteiger partial charge in [0.2, 0.25) is 0 Å². The van der Waals surface area contributed by atoms with Crippen LogP contribution in [-0.4, -0.2) is 0 Å². The number of aryl methyl sites for hydroxylation is 1. The Bertz CT molecular complexity index is 659. The normalized spacial score (nSPS) is 13.5. The maximum atomic E-state index is 2.37. The van der Waals surface area contributed by atoms with E-state index >= 15 is 0 Å². The molecule has 0 aliphatic heterocycles. The second kappa shape index (κ2) is 6.96. The standard InChI is InChI=1S/C22H25/c1-3-4-5-6-11-21-20-10-8-7-9-19(20)16-22(21)18-14-12-17(2)13-15-18/h7-10,12-16H,3-6,11H2,1-2H3. The molecule has 0 spiro atoms. The van der Waals surface area contributed by atoms with E-state index in [1.54, 1.807) is 0 Å². The maximum absolute atomic E-state index is 2.37. The fourth-order valence-electron chi connectivity index (χ4n) is 3.27.